The lowest BCUT2D eigenvalue weighted by Gasteiger charge is -1.99. The molecule has 0 radical (unpaired) electrons. The number of thioether (sulfide) groups is 1. The van der Waals surface area contributed by atoms with E-state index in [4.69, 9.17) is 0 Å². The number of nitrogens with zero attached hydrogens (tertiary/aromatic N) is 2. The lowest BCUT2D eigenvalue weighted by molar-refractivity contribution is -0.140. The maximum absolute atomic E-state index is 10.8. The third kappa shape index (κ3) is 4.06. The number of carbonyl (C=O) groups is 1. The lowest BCUT2D eigenvalue weighted by atomic mass is 10.5. The SMILES string of the molecule is COC(=O)CCSc1cc(Br)ncn1. The first kappa shape index (κ1) is 11.5. The van der Waals surface area contributed by atoms with E-state index in [1.807, 2.05) is 6.07 Å². The van der Waals surface area contributed by atoms with Gasteiger partial charge in [0.2, 0.25) is 0 Å². The zero-order chi connectivity index (χ0) is 10.4. The van der Waals surface area contributed by atoms with Crippen molar-refractivity contribution in [1.82, 2.24) is 9.97 Å². The summed E-state index contributed by atoms with van der Waals surface area (Å²) in [6.45, 7) is 0. The van der Waals surface area contributed by atoms with Gasteiger partial charge < -0.3 is 4.74 Å². The number of halogens is 1. The molecule has 1 aromatic rings. The molecular formula is C8H9BrN2O2S. The highest BCUT2D eigenvalue weighted by molar-refractivity contribution is 9.10. The molecule has 14 heavy (non-hydrogen) atoms. The molecule has 1 rings (SSSR count). The number of aromatic nitrogens is 2. The molecule has 6 heteroatoms. The fourth-order valence-electron chi connectivity index (χ4n) is 0.737. The molecule has 0 amide bonds. The summed E-state index contributed by atoms with van der Waals surface area (Å²) in [4.78, 5) is 18.7. The molecule has 0 unspecified atom stereocenters. The van der Waals surface area contributed by atoms with E-state index in [9.17, 15) is 4.79 Å². The van der Waals surface area contributed by atoms with Gasteiger partial charge in [-0.3, -0.25) is 4.79 Å². The van der Waals surface area contributed by atoms with Gasteiger partial charge in [-0.15, -0.1) is 11.8 Å². The summed E-state index contributed by atoms with van der Waals surface area (Å²) in [5.41, 5.74) is 0. The molecular weight excluding hydrogens is 268 g/mol. The van der Waals surface area contributed by atoms with Crippen LogP contribution >= 0.6 is 27.7 Å². The summed E-state index contributed by atoms with van der Waals surface area (Å²) in [5.74, 6) is 0.460. The Morgan fingerprint density at radius 3 is 3.07 bits per heavy atom. The van der Waals surface area contributed by atoms with Crippen LogP contribution in [0.3, 0.4) is 0 Å². The van der Waals surface area contributed by atoms with Gasteiger partial charge in [-0.05, 0) is 15.9 Å². The average Bonchev–Trinajstić information content (AvgIpc) is 2.17. The van der Waals surface area contributed by atoms with E-state index in [-0.39, 0.29) is 5.97 Å². The number of hydrogen-bond donors (Lipinski definition) is 0. The van der Waals surface area contributed by atoms with E-state index < -0.39 is 0 Å². The van der Waals surface area contributed by atoms with Gasteiger partial charge in [0.25, 0.3) is 0 Å². The van der Waals surface area contributed by atoms with Gasteiger partial charge in [-0.25, -0.2) is 9.97 Å². The second kappa shape index (κ2) is 5.98. The van der Waals surface area contributed by atoms with Crippen LogP contribution in [0.15, 0.2) is 22.0 Å². The predicted molar refractivity (Wildman–Crippen MR) is 57.1 cm³/mol. The standard InChI is InChI=1S/C8H9BrN2O2S/c1-13-8(12)2-3-14-7-4-6(9)10-5-11-7/h4-5H,2-3H2,1H3. The molecule has 0 atom stereocenters. The van der Waals surface area contributed by atoms with Crippen molar-refractivity contribution in [3.8, 4) is 0 Å². The first-order valence-corrected chi connectivity index (χ1v) is 5.67. The first-order valence-electron chi connectivity index (χ1n) is 3.89. The zero-order valence-electron chi connectivity index (χ0n) is 7.57. The van der Waals surface area contributed by atoms with Crippen molar-refractivity contribution in [2.24, 2.45) is 0 Å². The molecule has 4 nitrogen and oxygen atoms in total. The fourth-order valence-corrected chi connectivity index (χ4v) is 1.99. The van der Waals surface area contributed by atoms with Crippen molar-refractivity contribution >= 4 is 33.7 Å². The van der Waals surface area contributed by atoms with Crippen molar-refractivity contribution in [3.05, 3.63) is 17.0 Å². The van der Waals surface area contributed by atoms with Gasteiger partial charge in [0.15, 0.2) is 0 Å². The minimum Gasteiger partial charge on any atom is -0.469 e. The zero-order valence-corrected chi connectivity index (χ0v) is 9.97. The molecule has 1 heterocycles. The molecule has 0 bridgehead atoms. The molecule has 0 saturated heterocycles. The van der Waals surface area contributed by atoms with Crippen LogP contribution in [0.2, 0.25) is 0 Å². The van der Waals surface area contributed by atoms with Crippen molar-refractivity contribution in [2.45, 2.75) is 11.4 Å². The number of esters is 1. The van der Waals surface area contributed by atoms with Gasteiger partial charge in [-0.2, -0.15) is 0 Å². The molecule has 0 aromatic carbocycles. The lowest BCUT2D eigenvalue weighted by Crippen LogP contribution is -2.01. The maximum Gasteiger partial charge on any atom is 0.306 e. The van der Waals surface area contributed by atoms with Crippen LogP contribution in [0.5, 0.6) is 0 Å². The largest absolute Gasteiger partial charge is 0.469 e. The smallest absolute Gasteiger partial charge is 0.306 e. The number of carbonyl (C=O) groups excluding carboxylic acids is 1. The van der Waals surface area contributed by atoms with E-state index in [1.54, 1.807) is 0 Å². The molecule has 0 N–H and O–H groups in total. The van der Waals surface area contributed by atoms with E-state index in [1.165, 1.54) is 25.2 Å². The minimum atomic E-state index is -0.203. The third-order valence-corrected chi connectivity index (χ3v) is 2.75. The van der Waals surface area contributed by atoms with Crippen LogP contribution in [0.4, 0.5) is 0 Å². The second-order valence-corrected chi connectivity index (χ2v) is 4.28. The van der Waals surface area contributed by atoms with Crippen molar-refractivity contribution < 1.29 is 9.53 Å². The molecule has 1 aromatic heterocycles. The van der Waals surface area contributed by atoms with Crippen LogP contribution < -0.4 is 0 Å². The second-order valence-electron chi connectivity index (χ2n) is 2.35. The summed E-state index contributed by atoms with van der Waals surface area (Å²) in [5, 5.41) is 0.843. The third-order valence-electron chi connectivity index (χ3n) is 1.39. The molecule has 76 valence electrons. The van der Waals surface area contributed by atoms with E-state index in [0.29, 0.717) is 12.2 Å². The number of methoxy groups -OCH3 is 1. The fraction of sp³-hybridized carbons (Fsp3) is 0.375. The maximum atomic E-state index is 10.8. The molecule has 0 spiro atoms. The van der Waals surface area contributed by atoms with Crippen LogP contribution in [0.1, 0.15) is 6.42 Å². The number of ether oxygens (including phenoxy) is 1. The predicted octanol–water partition coefficient (Wildman–Crippen LogP) is 1.89. The van der Waals surface area contributed by atoms with Crippen LogP contribution in [0.25, 0.3) is 0 Å². The van der Waals surface area contributed by atoms with Gasteiger partial charge in [0.1, 0.15) is 16.0 Å². The van der Waals surface area contributed by atoms with Crippen molar-refractivity contribution in [3.63, 3.8) is 0 Å². The molecule has 0 aliphatic heterocycles. The molecule has 0 aliphatic carbocycles. The highest BCUT2D eigenvalue weighted by Crippen LogP contribution is 2.18. The molecule has 0 aliphatic rings. The van der Waals surface area contributed by atoms with E-state index in [0.717, 1.165) is 9.63 Å². The average molecular weight is 277 g/mol. The monoisotopic (exact) mass is 276 g/mol. The van der Waals surface area contributed by atoms with E-state index >= 15 is 0 Å². The quantitative estimate of drug-likeness (QED) is 0.478. The van der Waals surface area contributed by atoms with Gasteiger partial charge >= 0.3 is 5.97 Å². The number of rotatable bonds is 4. The topological polar surface area (TPSA) is 52.1 Å². The van der Waals surface area contributed by atoms with Crippen LogP contribution in [0, 0.1) is 0 Å². The Balaban J connectivity index is 2.35. The van der Waals surface area contributed by atoms with Crippen molar-refractivity contribution in [1.29, 1.82) is 0 Å². The first-order chi connectivity index (χ1) is 6.72. The van der Waals surface area contributed by atoms with Gasteiger partial charge in [-0.1, -0.05) is 0 Å². The van der Waals surface area contributed by atoms with Gasteiger partial charge in [0.05, 0.1) is 13.5 Å². The Morgan fingerprint density at radius 1 is 1.64 bits per heavy atom. The summed E-state index contributed by atoms with van der Waals surface area (Å²) < 4.78 is 5.26. The Bertz CT molecular complexity index is 322. The minimum absolute atomic E-state index is 0.203. The molecule has 0 fully saturated rings. The Labute approximate surface area is 94.6 Å². The summed E-state index contributed by atoms with van der Waals surface area (Å²) >= 11 is 4.74. The van der Waals surface area contributed by atoms with E-state index in [2.05, 4.69) is 30.6 Å². The summed E-state index contributed by atoms with van der Waals surface area (Å²) in [6, 6.07) is 1.81. The van der Waals surface area contributed by atoms with Gasteiger partial charge in [0, 0.05) is 11.8 Å². The summed E-state index contributed by atoms with van der Waals surface area (Å²) in [6.07, 6.45) is 1.87. The van der Waals surface area contributed by atoms with Crippen LogP contribution in [-0.4, -0.2) is 28.8 Å². The normalized spacial score (nSPS) is 9.86. The molecule has 0 saturated carbocycles. The highest BCUT2D eigenvalue weighted by Gasteiger charge is 2.02. The Kier molecular flexibility index (Phi) is 4.89. The summed E-state index contributed by atoms with van der Waals surface area (Å²) in [7, 11) is 1.38. The number of hydrogen-bond acceptors (Lipinski definition) is 5. The Morgan fingerprint density at radius 2 is 2.43 bits per heavy atom. The van der Waals surface area contributed by atoms with Crippen LogP contribution in [-0.2, 0) is 9.53 Å². The highest BCUT2D eigenvalue weighted by atomic mass is 79.9. The van der Waals surface area contributed by atoms with Crippen molar-refractivity contribution in [2.75, 3.05) is 12.9 Å². The Hall–Kier alpha value is -0.620.